The number of rotatable bonds is 7. The molecule has 0 spiro atoms. The highest BCUT2D eigenvalue weighted by atomic mass is 16.5. The SMILES string of the molecule is CCCOCCCNC(=O)C1(C#N)CC(C)C1. The number of carbonyl (C=O) groups is 1. The molecular formula is C13H22N2O2. The molecule has 0 radical (unpaired) electrons. The first-order valence-electron chi connectivity index (χ1n) is 6.42. The van der Waals surface area contributed by atoms with Crippen LogP contribution < -0.4 is 5.32 Å². The number of carbonyl (C=O) groups excluding carboxylic acids is 1. The summed E-state index contributed by atoms with van der Waals surface area (Å²) in [5.74, 6) is 0.391. The van der Waals surface area contributed by atoms with Gasteiger partial charge in [-0.2, -0.15) is 5.26 Å². The Kier molecular flexibility index (Phi) is 5.43. The standard InChI is InChI=1S/C13H22N2O2/c1-3-6-17-7-4-5-15-12(16)13(10-14)8-11(2)9-13/h11H,3-9H2,1-2H3,(H,15,16). The predicted molar refractivity (Wildman–Crippen MR) is 65.2 cm³/mol. The van der Waals surface area contributed by atoms with Crippen LogP contribution in [0.1, 0.15) is 39.5 Å². The maximum atomic E-state index is 11.8. The summed E-state index contributed by atoms with van der Waals surface area (Å²) in [6.07, 6.45) is 3.22. The molecule has 4 heteroatoms. The summed E-state index contributed by atoms with van der Waals surface area (Å²) in [4.78, 5) is 11.8. The van der Waals surface area contributed by atoms with E-state index >= 15 is 0 Å². The molecule has 1 aliphatic rings. The molecule has 96 valence electrons. The van der Waals surface area contributed by atoms with E-state index < -0.39 is 5.41 Å². The molecule has 0 aromatic carbocycles. The van der Waals surface area contributed by atoms with Crippen LogP contribution in [0.3, 0.4) is 0 Å². The van der Waals surface area contributed by atoms with Gasteiger partial charge in [0.2, 0.25) is 5.91 Å². The maximum Gasteiger partial charge on any atom is 0.240 e. The first-order valence-corrected chi connectivity index (χ1v) is 6.42. The lowest BCUT2D eigenvalue weighted by Gasteiger charge is -2.39. The number of hydrogen-bond acceptors (Lipinski definition) is 3. The van der Waals surface area contributed by atoms with E-state index in [1.54, 1.807) is 0 Å². The van der Waals surface area contributed by atoms with Crippen molar-refractivity contribution in [3.63, 3.8) is 0 Å². The Hall–Kier alpha value is -1.08. The van der Waals surface area contributed by atoms with Gasteiger partial charge in [-0.15, -0.1) is 0 Å². The second-order valence-electron chi connectivity index (χ2n) is 4.93. The Bertz CT molecular complexity index is 290. The summed E-state index contributed by atoms with van der Waals surface area (Å²) in [7, 11) is 0. The van der Waals surface area contributed by atoms with Crippen molar-refractivity contribution in [3.05, 3.63) is 0 Å². The number of ether oxygens (including phenoxy) is 1. The third kappa shape index (κ3) is 3.71. The summed E-state index contributed by atoms with van der Waals surface area (Å²) >= 11 is 0. The van der Waals surface area contributed by atoms with Gasteiger partial charge in [-0.1, -0.05) is 13.8 Å². The molecule has 1 N–H and O–H groups in total. The summed E-state index contributed by atoms with van der Waals surface area (Å²) in [6.45, 7) is 6.18. The first-order chi connectivity index (χ1) is 8.14. The fourth-order valence-electron chi connectivity index (χ4n) is 2.25. The third-order valence-corrected chi connectivity index (χ3v) is 3.14. The van der Waals surface area contributed by atoms with E-state index in [9.17, 15) is 4.79 Å². The second-order valence-corrected chi connectivity index (χ2v) is 4.93. The van der Waals surface area contributed by atoms with Crippen LogP contribution in [0.15, 0.2) is 0 Å². The Morgan fingerprint density at radius 3 is 2.76 bits per heavy atom. The molecule has 0 aliphatic heterocycles. The van der Waals surface area contributed by atoms with Gasteiger partial charge in [0.05, 0.1) is 6.07 Å². The van der Waals surface area contributed by atoms with Crippen molar-refractivity contribution < 1.29 is 9.53 Å². The molecule has 0 atom stereocenters. The molecule has 4 nitrogen and oxygen atoms in total. The van der Waals surface area contributed by atoms with Gasteiger partial charge in [0, 0.05) is 19.8 Å². The predicted octanol–water partition coefficient (Wildman–Crippen LogP) is 1.86. The lowest BCUT2D eigenvalue weighted by molar-refractivity contribution is -0.133. The minimum atomic E-state index is -0.746. The van der Waals surface area contributed by atoms with Crippen LogP contribution in [0, 0.1) is 22.7 Å². The van der Waals surface area contributed by atoms with Crippen LogP contribution in [0.4, 0.5) is 0 Å². The highest BCUT2D eigenvalue weighted by Crippen LogP contribution is 2.44. The molecule has 1 saturated carbocycles. The molecule has 1 amide bonds. The van der Waals surface area contributed by atoms with E-state index in [1.165, 1.54) is 0 Å². The van der Waals surface area contributed by atoms with Gasteiger partial charge in [0.1, 0.15) is 5.41 Å². The van der Waals surface area contributed by atoms with Gasteiger partial charge in [-0.25, -0.2) is 0 Å². The van der Waals surface area contributed by atoms with Crippen LogP contribution in [0.5, 0.6) is 0 Å². The van der Waals surface area contributed by atoms with Crippen LogP contribution in [0.2, 0.25) is 0 Å². The van der Waals surface area contributed by atoms with Crippen LogP contribution >= 0.6 is 0 Å². The summed E-state index contributed by atoms with van der Waals surface area (Å²) in [5, 5.41) is 11.9. The number of nitriles is 1. The van der Waals surface area contributed by atoms with Crippen molar-refractivity contribution in [3.8, 4) is 6.07 Å². The second kappa shape index (κ2) is 6.61. The van der Waals surface area contributed by atoms with E-state index in [-0.39, 0.29) is 5.91 Å². The van der Waals surface area contributed by atoms with Gasteiger partial charge >= 0.3 is 0 Å². The fourth-order valence-corrected chi connectivity index (χ4v) is 2.25. The Labute approximate surface area is 103 Å². The minimum absolute atomic E-state index is 0.103. The molecule has 1 aliphatic carbocycles. The van der Waals surface area contributed by atoms with E-state index in [0.29, 0.717) is 31.9 Å². The molecule has 0 unspecified atom stereocenters. The van der Waals surface area contributed by atoms with Gasteiger partial charge in [0.15, 0.2) is 0 Å². The fraction of sp³-hybridized carbons (Fsp3) is 0.846. The van der Waals surface area contributed by atoms with Gasteiger partial charge in [0.25, 0.3) is 0 Å². The van der Waals surface area contributed by atoms with Crippen molar-refractivity contribution in [1.82, 2.24) is 5.32 Å². The molecule has 1 rings (SSSR count). The highest BCUT2D eigenvalue weighted by molar-refractivity contribution is 5.86. The van der Waals surface area contributed by atoms with Crippen molar-refractivity contribution in [2.75, 3.05) is 19.8 Å². The first kappa shape index (κ1) is 14.0. The smallest absolute Gasteiger partial charge is 0.240 e. The molecule has 0 aromatic rings. The molecule has 0 aromatic heterocycles. The lowest BCUT2D eigenvalue weighted by Crippen LogP contribution is -2.48. The maximum absolute atomic E-state index is 11.8. The van der Waals surface area contributed by atoms with E-state index in [0.717, 1.165) is 19.4 Å². The van der Waals surface area contributed by atoms with Gasteiger partial charge in [-0.3, -0.25) is 4.79 Å². The third-order valence-electron chi connectivity index (χ3n) is 3.14. The normalized spacial score (nSPS) is 27.0. The van der Waals surface area contributed by atoms with Gasteiger partial charge in [-0.05, 0) is 31.6 Å². The molecule has 17 heavy (non-hydrogen) atoms. The van der Waals surface area contributed by atoms with Crippen molar-refractivity contribution in [2.24, 2.45) is 11.3 Å². The summed E-state index contributed by atoms with van der Waals surface area (Å²) in [6, 6.07) is 2.16. The number of nitrogens with zero attached hydrogens (tertiary/aromatic N) is 1. The highest BCUT2D eigenvalue weighted by Gasteiger charge is 2.48. The molecule has 0 heterocycles. The van der Waals surface area contributed by atoms with Crippen molar-refractivity contribution in [1.29, 1.82) is 5.26 Å². The topological polar surface area (TPSA) is 62.1 Å². The zero-order valence-electron chi connectivity index (χ0n) is 10.8. The van der Waals surface area contributed by atoms with Gasteiger partial charge < -0.3 is 10.1 Å². The van der Waals surface area contributed by atoms with Crippen LogP contribution in [-0.2, 0) is 9.53 Å². The summed E-state index contributed by atoms with van der Waals surface area (Å²) in [5.41, 5.74) is -0.746. The zero-order chi connectivity index (χ0) is 12.7. The average Bonchev–Trinajstić information content (AvgIpc) is 2.29. The number of amides is 1. The van der Waals surface area contributed by atoms with Crippen LogP contribution in [-0.4, -0.2) is 25.7 Å². The molecular weight excluding hydrogens is 216 g/mol. The lowest BCUT2D eigenvalue weighted by atomic mass is 9.63. The molecule has 0 bridgehead atoms. The Morgan fingerprint density at radius 1 is 1.53 bits per heavy atom. The van der Waals surface area contributed by atoms with E-state index in [4.69, 9.17) is 10.00 Å². The monoisotopic (exact) mass is 238 g/mol. The largest absolute Gasteiger partial charge is 0.381 e. The van der Waals surface area contributed by atoms with Crippen molar-refractivity contribution in [2.45, 2.75) is 39.5 Å². The zero-order valence-corrected chi connectivity index (χ0v) is 10.8. The van der Waals surface area contributed by atoms with Crippen molar-refractivity contribution >= 4 is 5.91 Å². The number of hydrogen-bond donors (Lipinski definition) is 1. The Morgan fingerprint density at radius 2 is 2.24 bits per heavy atom. The molecule has 1 fully saturated rings. The molecule has 0 saturated heterocycles. The Balaban J connectivity index is 2.15. The summed E-state index contributed by atoms with van der Waals surface area (Å²) < 4.78 is 5.32. The van der Waals surface area contributed by atoms with E-state index in [2.05, 4.69) is 25.2 Å². The van der Waals surface area contributed by atoms with E-state index in [1.807, 2.05) is 0 Å². The van der Waals surface area contributed by atoms with Crippen LogP contribution in [0.25, 0.3) is 0 Å². The number of nitrogens with one attached hydrogen (secondary N) is 1. The average molecular weight is 238 g/mol. The minimum Gasteiger partial charge on any atom is -0.381 e. The quantitative estimate of drug-likeness (QED) is 0.689.